The minimum atomic E-state index is -0.116. The van der Waals surface area contributed by atoms with Gasteiger partial charge < -0.3 is 14.2 Å². The predicted octanol–water partition coefficient (Wildman–Crippen LogP) is 14.5. The lowest BCUT2D eigenvalue weighted by Crippen LogP contribution is -2.61. The predicted molar refractivity (Wildman–Crippen MR) is 266 cm³/mol. The first-order valence-electron chi connectivity index (χ1n) is 22.0. The molecule has 306 valence electrons. The first-order valence-corrected chi connectivity index (χ1v) is 22.8. The van der Waals surface area contributed by atoms with Gasteiger partial charge in [-0.05, 0) is 147 Å². The number of aryl methyl sites for hydroxylation is 4. The first kappa shape index (κ1) is 39.6. The van der Waals surface area contributed by atoms with Crippen LogP contribution in [0, 0.1) is 27.7 Å². The molecule has 0 radical (unpaired) electrons. The van der Waals surface area contributed by atoms with Crippen LogP contribution in [0.1, 0.15) is 101 Å². The zero-order valence-electron chi connectivity index (χ0n) is 38.2. The molecule has 0 aliphatic carbocycles. The molecule has 8 aromatic rings. The summed E-state index contributed by atoms with van der Waals surface area (Å²) in [4.78, 5) is 6.43. The van der Waals surface area contributed by atoms with Gasteiger partial charge in [-0.2, -0.15) is 0 Å². The molecule has 61 heavy (non-hydrogen) atoms. The molecule has 3 nitrogen and oxygen atoms in total. The largest absolute Gasteiger partial charge is 0.468 e. The quantitative estimate of drug-likeness (QED) is 0.166. The summed E-state index contributed by atoms with van der Waals surface area (Å²) in [6.07, 6.45) is 0. The van der Waals surface area contributed by atoms with E-state index in [0.717, 1.165) is 22.3 Å². The van der Waals surface area contributed by atoms with E-state index in [1.165, 1.54) is 98.8 Å². The van der Waals surface area contributed by atoms with Crippen molar-refractivity contribution in [2.45, 2.75) is 106 Å². The van der Waals surface area contributed by atoms with Crippen molar-refractivity contribution in [3.05, 3.63) is 148 Å². The Hall–Kier alpha value is -5.52. The molecule has 2 aliphatic rings. The van der Waals surface area contributed by atoms with Crippen molar-refractivity contribution < 1.29 is 4.42 Å². The van der Waals surface area contributed by atoms with Gasteiger partial charge in [-0.15, -0.1) is 11.3 Å². The molecule has 0 amide bonds. The maximum Gasteiger partial charge on any atom is 0.297 e. The smallest absolute Gasteiger partial charge is 0.297 e. The second-order valence-corrected chi connectivity index (χ2v) is 22.0. The molecule has 0 fully saturated rings. The van der Waals surface area contributed by atoms with Gasteiger partial charge in [0.05, 0.1) is 22.7 Å². The molecule has 4 heterocycles. The van der Waals surface area contributed by atoms with Crippen LogP contribution in [0.5, 0.6) is 0 Å². The number of benzene rings is 6. The highest BCUT2D eigenvalue weighted by Crippen LogP contribution is 2.51. The fourth-order valence-corrected chi connectivity index (χ4v) is 11.2. The van der Waals surface area contributed by atoms with Gasteiger partial charge in [0.1, 0.15) is 5.58 Å². The van der Waals surface area contributed by atoms with Crippen LogP contribution in [-0.4, -0.2) is 6.71 Å². The first-order chi connectivity index (χ1) is 28.8. The third kappa shape index (κ3) is 6.21. The molecule has 6 aromatic carbocycles. The molecule has 0 bridgehead atoms. The lowest BCUT2D eigenvalue weighted by molar-refractivity contribution is 0.589. The van der Waals surface area contributed by atoms with Crippen LogP contribution in [0.2, 0.25) is 0 Å². The maximum absolute atomic E-state index is 7.31. The van der Waals surface area contributed by atoms with E-state index in [0.29, 0.717) is 0 Å². The Balaban J connectivity index is 1.31. The molecule has 0 saturated heterocycles. The van der Waals surface area contributed by atoms with Crippen molar-refractivity contribution in [2.75, 3.05) is 9.80 Å². The lowest BCUT2D eigenvalue weighted by Gasteiger charge is -2.44. The Morgan fingerprint density at radius 3 is 1.67 bits per heavy atom. The molecule has 0 saturated carbocycles. The van der Waals surface area contributed by atoms with Gasteiger partial charge in [-0.25, -0.2) is 0 Å². The third-order valence-electron chi connectivity index (χ3n) is 13.3. The Morgan fingerprint density at radius 1 is 0.508 bits per heavy atom. The van der Waals surface area contributed by atoms with E-state index in [4.69, 9.17) is 4.42 Å². The number of rotatable bonds is 3. The number of thiophene rings is 1. The van der Waals surface area contributed by atoms with Gasteiger partial charge in [0.2, 0.25) is 0 Å². The Bertz CT molecular complexity index is 3030. The standard InChI is InChI=1S/C56H57BN2OS/c1-32-25-39(55(8,9)10)26-33(2)50(32)58-43-18-16-19-44-49(43)57(42-23-21-37(29-45(42)58)48-30-36-17-14-15-20-47(36)61-48)53-52(41-31-38(54(5,6)7)22-24-46(41)60-53)59(44)51-34(3)27-40(28-35(51)4)56(11,12)13/h14-31H,1-13H3. The molecular weight excluding hydrogens is 760 g/mol. The Morgan fingerprint density at radius 2 is 1.08 bits per heavy atom. The average molecular weight is 817 g/mol. The second kappa shape index (κ2) is 13.5. The summed E-state index contributed by atoms with van der Waals surface area (Å²) in [5.41, 5.74) is 22.0. The maximum atomic E-state index is 7.31. The summed E-state index contributed by atoms with van der Waals surface area (Å²) >= 11 is 1.87. The van der Waals surface area contributed by atoms with Gasteiger partial charge >= 0.3 is 0 Å². The van der Waals surface area contributed by atoms with Crippen LogP contribution in [0.25, 0.3) is 31.5 Å². The number of anilines is 6. The van der Waals surface area contributed by atoms with E-state index in [1.54, 1.807) is 0 Å². The van der Waals surface area contributed by atoms with E-state index >= 15 is 0 Å². The molecule has 0 N–H and O–H groups in total. The van der Waals surface area contributed by atoms with Crippen LogP contribution in [-0.2, 0) is 16.2 Å². The zero-order chi connectivity index (χ0) is 43.1. The van der Waals surface area contributed by atoms with E-state index in [1.807, 2.05) is 11.3 Å². The summed E-state index contributed by atoms with van der Waals surface area (Å²) in [6.45, 7) is 29.9. The Labute approximate surface area is 367 Å². The second-order valence-electron chi connectivity index (χ2n) is 20.9. The van der Waals surface area contributed by atoms with E-state index in [9.17, 15) is 0 Å². The van der Waals surface area contributed by atoms with Gasteiger partial charge in [0.25, 0.3) is 6.71 Å². The lowest BCUT2D eigenvalue weighted by atomic mass is 9.35. The average Bonchev–Trinajstić information content (AvgIpc) is 3.79. The highest BCUT2D eigenvalue weighted by atomic mass is 32.1. The SMILES string of the molecule is Cc1cc(C(C)(C)C)cc(C)c1N1c2cc(-c3cc4ccccc4s3)ccc2B2c3oc4ccc(C(C)(C)C)cc4c3N(c3c(C)cc(C(C)(C)C)cc3C)c3cccc1c32. The van der Waals surface area contributed by atoms with Crippen LogP contribution in [0.3, 0.4) is 0 Å². The van der Waals surface area contributed by atoms with Crippen LogP contribution < -0.4 is 26.4 Å². The van der Waals surface area contributed by atoms with Gasteiger partial charge in [0.15, 0.2) is 0 Å². The third-order valence-corrected chi connectivity index (χ3v) is 14.5. The summed E-state index contributed by atoms with van der Waals surface area (Å²) in [5, 5.41) is 2.44. The van der Waals surface area contributed by atoms with E-state index < -0.39 is 0 Å². The number of furan rings is 1. The van der Waals surface area contributed by atoms with Crippen molar-refractivity contribution >= 4 is 89.8 Å². The highest BCUT2D eigenvalue weighted by molar-refractivity contribution is 7.22. The van der Waals surface area contributed by atoms with Gasteiger partial charge in [0, 0.05) is 32.0 Å². The number of fused-ring (bicyclic) bond motifs is 7. The normalized spacial score (nSPS) is 13.9. The molecular formula is C56H57BN2OS. The summed E-state index contributed by atoms with van der Waals surface area (Å²) in [5.74, 6) is 0. The monoisotopic (exact) mass is 816 g/mol. The fourth-order valence-electron chi connectivity index (χ4n) is 10.1. The fraction of sp³-hybridized carbons (Fsp3) is 0.286. The topological polar surface area (TPSA) is 19.6 Å². The number of hydrogen-bond acceptors (Lipinski definition) is 4. The molecule has 5 heteroatoms. The molecule has 2 aliphatic heterocycles. The summed E-state index contributed by atoms with van der Waals surface area (Å²) in [6, 6.07) is 41.8. The minimum absolute atomic E-state index is 0.0255. The van der Waals surface area contributed by atoms with Crippen LogP contribution >= 0.6 is 11.3 Å². The van der Waals surface area contributed by atoms with Crippen LogP contribution in [0.4, 0.5) is 34.1 Å². The zero-order valence-corrected chi connectivity index (χ0v) is 39.0. The van der Waals surface area contributed by atoms with Gasteiger partial charge in [-0.3, -0.25) is 0 Å². The van der Waals surface area contributed by atoms with Crippen molar-refractivity contribution in [1.29, 1.82) is 0 Å². The highest BCUT2D eigenvalue weighted by Gasteiger charge is 2.47. The van der Waals surface area contributed by atoms with Crippen LogP contribution in [0.15, 0.2) is 114 Å². The molecule has 0 unspecified atom stereocenters. The molecule has 10 rings (SSSR count). The number of nitrogens with zero attached hydrogens (tertiary/aromatic N) is 2. The molecule has 0 atom stereocenters. The van der Waals surface area contributed by atoms with Crippen molar-refractivity contribution in [2.24, 2.45) is 0 Å². The van der Waals surface area contributed by atoms with E-state index in [-0.39, 0.29) is 23.0 Å². The Kier molecular flexibility index (Phi) is 8.76. The molecule has 0 spiro atoms. The van der Waals surface area contributed by atoms with E-state index in [2.05, 4.69) is 209 Å². The summed E-state index contributed by atoms with van der Waals surface area (Å²) in [7, 11) is 0. The minimum Gasteiger partial charge on any atom is -0.468 e. The van der Waals surface area contributed by atoms with Gasteiger partial charge in [-0.1, -0.05) is 129 Å². The summed E-state index contributed by atoms with van der Waals surface area (Å²) < 4.78 is 8.62. The molecule has 2 aromatic heterocycles. The number of hydrogen-bond donors (Lipinski definition) is 0. The van der Waals surface area contributed by atoms with Crippen molar-refractivity contribution in [3.8, 4) is 10.4 Å². The van der Waals surface area contributed by atoms with Crippen molar-refractivity contribution in [1.82, 2.24) is 0 Å². The van der Waals surface area contributed by atoms with Crippen molar-refractivity contribution in [3.63, 3.8) is 0 Å².